The zero-order valence-electron chi connectivity index (χ0n) is 20.1. The van der Waals surface area contributed by atoms with E-state index in [4.69, 9.17) is 16.3 Å². The summed E-state index contributed by atoms with van der Waals surface area (Å²) in [5.74, 6) is -1.05. The number of carbonyl (C=O) groups is 1. The van der Waals surface area contributed by atoms with Crippen LogP contribution in [0.4, 0.5) is 4.39 Å². The van der Waals surface area contributed by atoms with Crippen molar-refractivity contribution in [3.05, 3.63) is 119 Å². The number of hydrogen-bond acceptors (Lipinski definition) is 6. The number of halogens is 2. The fourth-order valence-corrected chi connectivity index (χ4v) is 4.72. The maximum atomic E-state index is 13.9. The molecule has 1 aromatic heterocycles. The molecule has 0 aliphatic heterocycles. The Hall–Kier alpha value is -4.08. The van der Waals surface area contributed by atoms with E-state index in [1.807, 2.05) is 29.0 Å². The van der Waals surface area contributed by atoms with Crippen molar-refractivity contribution >= 4 is 27.5 Å². The van der Waals surface area contributed by atoms with Crippen LogP contribution in [0.5, 0.6) is 5.88 Å². The Balaban J connectivity index is 1.41. The summed E-state index contributed by atoms with van der Waals surface area (Å²) >= 11 is 5.89. The second kappa shape index (κ2) is 12.0. The predicted octanol–water partition coefficient (Wildman–Crippen LogP) is 5.40. The maximum Gasteiger partial charge on any atom is 0.265 e. The van der Waals surface area contributed by atoms with Gasteiger partial charge in [-0.2, -0.15) is 0 Å². The van der Waals surface area contributed by atoms with Gasteiger partial charge in [0.25, 0.3) is 15.9 Å². The van der Waals surface area contributed by atoms with E-state index >= 15 is 0 Å². The summed E-state index contributed by atoms with van der Waals surface area (Å²) in [7, 11) is -4.23. The first-order chi connectivity index (χ1) is 18.2. The predicted molar refractivity (Wildman–Crippen MR) is 143 cm³/mol. The number of aromatic nitrogens is 2. The Labute approximate surface area is 225 Å². The van der Waals surface area contributed by atoms with Gasteiger partial charge < -0.3 is 4.74 Å². The SMILES string of the molecule is C=CCc1cc(S(=O)(=O)NC(=O)c2cccc(-c3ccc(OCCc4ccc(Cl)cc4)nn3)c2)ccc1F. The molecule has 4 aromatic rings. The first-order valence-corrected chi connectivity index (χ1v) is 13.4. The molecular weight excluding hydrogens is 529 g/mol. The molecule has 0 aliphatic carbocycles. The summed E-state index contributed by atoms with van der Waals surface area (Å²) in [5.41, 5.74) is 2.37. The molecule has 7 nitrogen and oxygen atoms in total. The quantitative estimate of drug-likeness (QED) is 0.265. The lowest BCUT2D eigenvalue weighted by Gasteiger charge is -2.10. The highest BCUT2D eigenvalue weighted by Crippen LogP contribution is 2.21. The minimum absolute atomic E-state index is 0.101. The van der Waals surface area contributed by atoms with Gasteiger partial charge in [0, 0.05) is 28.6 Å². The molecule has 0 saturated carbocycles. The summed E-state index contributed by atoms with van der Waals surface area (Å²) in [5, 5.41) is 8.91. The average Bonchev–Trinajstić information content (AvgIpc) is 2.91. The van der Waals surface area contributed by atoms with Gasteiger partial charge in [-0.15, -0.1) is 16.8 Å². The molecule has 1 amide bonds. The van der Waals surface area contributed by atoms with E-state index in [2.05, 4.69) is 16.8 Å². The Morgan fingerprint density at radius 2 is 1.82 bits per heavy atom. The summed E-state index contributed by atoms with van der Waals surface area (Å²) < 4.78 is 47.1. The van der Waals surface area contributed by atoms with E-state index in [1.54, 1.807) is 24.3 Å². The van der Waals surface area contributed by atoms with Gasteiger partial charge >= 0.3 is 0 Å². The highest BCUT2D eigenvalue weighted by Gasteiger charge is 2.20. The standard InChI is InChI=1S/C28H23ClFN3O4S/c1-2-4-20-18-24(11-12-25(20)30)38(35,36)33-28(34)22-6-3-5-21(17-22)26-13-14-27(32-31-26)37-16-15-19-7-9-23(29)10-8-19/h2-3,5-14,17-18H,1,4,15-16H2,(H,33,34). The van der Waals surface area contributed by atoms with E-state index in [-0.39, 0.29) is 22.4 Å². The largest absolute Gasteiger partial charge is 0.476 e. The molecule has 4 rings (SSSR count). The van der Waals surface area contributed by atoms with E-state index in [1.165, 1.54) is 24.3 Å². The van der Waals surface area contributed by atoms with Gasteiger partial charge in [-0.05, 0) is 66.1 Å². The third kappa shape index (κ3) is 6.81. The number of allylic oxidation sites excluding steroid dienone is 1. The number of rotatable bonds is 10. The van der Waals surface area contributed by atoms with Crippen LogP contribution in [-0.2, 0) is 22.9 Å². The van der Waals surface area contributed by atoms with Crippen molar-refractivity contribution in [3.8, 4) is 17.1 Å². The second-order valence-electron chi connectivity index (χ2n) is 8.24. The average molecular weight is 552 g/mol. The van der Waals surface area contributed by atoms with Gasteiger partial charge in [-0.3, -0.25) is 4.79 Å². The van der Waals surface area contributed by atoms with Gasteiger partial charge in [0.2, 0.25) is 5.88 Å². The Morgan fingerprint density at radius 1 is 1.03 bits per heavy atom. The molecule has 0 fully saturated rings. The normalized spacial score (nSPS) is 11.1. The highest BCUT2D eigenvalue weighted by atomic mass is 35.5. The van der Waals surface area contributed by atoms with Crippen molar-refractivity contribution < 1.29 is 22.3 Å². The van der Waals surface area contributed by atoms with Crippen molar-refractivity contribution in [1.82, 2.24) is 14.9 Å². The third-order valence-corrected chi connectivity index (χ3v) is 7.11. The number of ether oxygens (including phenoxy) is 1. The minimum Gasteiger partial charge on any atom is -0.476 e. The summed E-state index contributed by atoms with van der Waals surface area (Å²) in [6.45, 7) is 3.94. The summed E-state index contributed by atoms with van der Waals surface area (Å²) in [6, 6.07) is 20.5. The smallest absolute Gasteiger partial charge is 0.265 e. The first-order valence-electron chi connectivity index (χ1n) is 11.5. The molecule has 3 aromatic carbocycles. The Morgan fingerprint density at radius 3 is 2.53 bits per heavy atom. The number of amides is 1. The van der Waals surface area contributed by atoms with E-state index in [0.717, 1.165) is 17.7 Å². The van der Waals surface area contributed by atoms with Crippen LogP contribution >= 0.6 is 11.6 Å². The summed E-state index contributed by atoms with van der Waals surface area (Å²) in [6.07, 6.45) is 2.29. The van der Waals surface area contributed by atoms with Crippen LogP contribution in [0.1, 0.15) is 21.5 Å². The van der Waals surface area contributed by atoms with Crippen LogP contribution in [0.15, 0.2) is 96.4 Å². The molecule has 1 heterocycles. The number of carbonyl (C=O) groups excluding carboxylic acids is 1. The highest BCUT2D eigenvalue weighted by molar-refractivity contribution is 7.90. The number of sulfonamides is 1. The fraction of sp³-hybridized carbons (Fsp3) is 0.107. The van der Waals surface area contributed by atoms with Crippen LogP contribution < -0.4 is 9.46 Å². The van der Waals surface area contributed by atoms with Crippen molar-refractivity contribution in [1.29, 1.82) is 0 Å². The molecule has 0 aliphatic rings. The molecule has 0 unspecified atom stereocenters. The van der Waals surface area contributed by atoms with Gasteiger partial charge in [0.05, 0.1) is 17.2 Å². The van der Waals surface area contributed by atoms with Crippen molar-refractivity contribution in [3.63, 3.8) is 0 Å². The maximum absolute atomic E-state index is 13.9. The van der Waals surface area contributed by atoms with Crippen LogP contribution in [0.25, 0.3) is 11.3 Å². The van der Waals surface area contributed by atoms with E-state index in [9.17, 15) is 17.6 Å². The Kier molecular flexibility index (Phi) is 8.50. The third-order valence-electron chi connectivity index (χ3n) is 5.53. The fourth-order valence-electron chi connectivity index (χ4n) is 3.57. The topological polar surface area (TPSA) is 98.2 Å². The molecule has 38 heavy (non-hydrogen) atoms. The van der Waals surface area contributed by atoms with Crippen LogP contribution in [0.3, 0.4) is 0 Å². The molecule has 0 bridgehead atoms. The first kappa shape index (κ1) is 27.0. The van der Waals surface area contributed by atoms with Crippen LogP contribution in [0, 0.1) is 5.82 Å². The lowest BCUT2D eigenvalue weighted by Crippen LogP contribution is -2.30. The number of benzene rings is 3. The number of nitrogens with one attached hydrogen (secondary N) is 1. The summed E-state index contributed by atoms with van der Waals surface area (Å²) in [4.78, 5) is 12.5. The van der Waals surface area contributed by atoms with Crippen LogP contribution in [0.2, 0.25) is 5.02 Å². The zero-order valence-corrected chi connectivity index (χ0v) is 21.7. The molecule has 0 saturated heterocycles. The van der Waals surface area contributed by atoms with Crippen molar-refractivity contribution in [2.75, 3.05) is 6.61 Å². The van der Waals surface area contributed by atoms with Crippen LogP contribution in [-0.4, -0.2) is 31.1 Å². The van der Waals surface area contributed by atoms with Crippen molar-refractivity contribution in [2.45, 2.75) is 17.7 Å². The molecule has 194 valence electrons. The lowest BCUT2D eigenvalue weighted by molar-refractivity contribution is 0.0981. The molecular formula is C28H23ClFN3O4S. The second-order valence-corrected chi connectivity index (χ2v) is 10.4. The molecule has 1 N–H and O–H groups in total. The lowest BCUT2D eigenvalue weighted by atomic mass is 10.1. The molecule has 10 heteroatoms. The number of hydrogen-bond donors (Lipinski definition) is 1. The minimum atomic E-state index is -4.23. The zero-order chi connectivity index (χ0) is 27.1. The van der Waals surface area contributed by atoms with E-state index < -0.39 is 21.7 Å². The van der Waals surface area contributed by atoms with Gasteiger partial charge in [-0.1, -0.05) is 41.9 Å². The monoisotopic (exact) mass is 551 g/mol. The Bertz CT molecular complexity index is 1560. The molecule has 0 atom stereocenters. The van der Waals surface area contributed by atoms with Gasteiger partial charge in [-0.25, -0.2) is 17.5 Å². The van der Waals surface area contributed by atoms with Gasteiger partial charge in [0.15, 0.2) is 0 Å². The van der Waals surface area contributed by atoms with Crippen molar-refractivity contribution in [2.24, 2.45) is 0 Å². The van der Waals surface area contributed by atoms with Gasteiger partial charge in [0.1, 0.15) is 5.82 Å². The van der Waals surface area contributed by atoms with E-state index in [0.29, 0.717) is 35.2 Å². The molecule has 0 radical (unpaired) electrons. The molecule has 0 spiro atoms. The number of nitrogens with zero attached hydrogens (tertiary/aromatic N) is 2.